The van der Waals surface area contributed by atoms with Gasteiger partial charge in [0, 0.05) is 6.42 Å². The summed E-state index contributed by atoms with van der Waals surface area (Å²) in [4.78, 5) is 11.8. The number of rotatable bonds is 4. The molecule has 0 unspecified atom stereocenters. The monoisotopic (exact) mass is 224 g/mol. The number of hydrogen-bond acceptors (Lipinski definition) is 4. The molecule has 2 N–H and O–H groups in total. The summed E-state index contributed by atoms with van der Waals surface area (Å²) in [5.41, 5.74) is -0.923. The van der Waals surface area contributed by atoms with Crippen LogP contribution in [0.2, 0.25) is 0 Å². The number of aliphatic hydroxyl groups is 1. The molecule has 4 nitrogen and oxygen atoms in total. The van der Waals surface area contributed by atoms with Crippen LogP contribution in [-0.4, -0.2) is 28.7 Å². The maximum Gasteiger partial charge on any atom is 0.169 e. The Kier molecular flexibility index (Phi) is 3.55. The smallest absolute Gasteiger partial charge is 0.169 e. The SMILES string of the molecule is COc1ccc(O)c(C(=O)CC(C)(C)O)c1. The van der Waals surface area contributed by atoms with Crippen molar-refractivity contribution in [2.24, 2.45) is 0 Å². The van der Waals surface area contributed by atoms with Gasteiger partial charge >= 0.3 is 0 Å². The molecule has 0 saturated heterocycles. The van der Waals surface area contributed by atoms with Crippen molar-refractivity contribution in [1.82, 2.24) is 0 Å². The zero-order chi connectivity index (χ0) is 12.3. The maximum atomic E-state index is 11.8. The first kappa shape index (κ1) is 12.5. The van der Waals surface area contributed by atoms with Crippen molar-refractivity contribution in [3.8, 4) is 11.5 Å². The van der Waals surface area contributed by atoms with Gasteiger partial charge in [-0.05, 0) is 32.0 Å². The largest absolute Gasteiger partial charge is 0.507 e. The molecule has 0 fully saturated rings. The van der Waals surface area contributed by atoms with E-state index in [2.05, 4.69) is 0 Å². The highest BCUT2D eigenvalue weighted by molar-refractivity contribution is 5.99. The van der Waals surface area contributed by atoms with Crippen LogP contribution in [0.25, 0.3) is 0 Å². The second kappa shape index (κ2) is 4.53. The minimum absolute atomic E-state index is 0.0479. The van der Waals surface area contributed by atoms with Gasteiger partial charge in [-0.1, -0.05) is 0 Å². The quantitative estimate of drug-likeness (QED) is 0.764. The fourth-order valence-corrected chi connectivity index (χ4v) is 1.35. The molecule has 88 valence electrons. The predicted molar refractivity (Wildman–Crippen MR) is 59.9 cm³/mol. The zero-order valence-corrected chi connectivity index (χ0v) is 9.65. The summed E-state index contributed by atoms with van der Waals surface area (Å²) in [7, 11) is 1.48. The number of phenolic OH excluding ortho intramolecular Hbond substituents is 1. The highest BCUT2D eigenvalue weighted by Gasteiger charge is 2.21. The molecule has 0 radical (unpaired) electrons. The van der Waals surface area contributed by atoms with Gasteiger partial charge in [-0.15, -0.1) is 0 Å². The second-order valence-corrected chi connectivity index (χ2v) is 4.30. The molecule has 0 aliphatic rings. The maximum absolute atomic E-state index is 11.8. The summed E-state index contributed by atoms with van der Waals surface area (Å²) in [5.74, 6) is 0.0795. The first-order chi connectivity index (χ1) is 7.33. The average molecular weight is 224 g/mol. The summed E-state index contributed by atoms with van der Waals surface area (Å²) in [6.45, 7) is 3.09. The molecule has 0 spiro atoms. The van der Waals surface area contributed by atoms with E-state index in [1.807, 2.05) is 0 Å². The van der Waals surface area contributed by atoms with E-state index < -0.39 is 5.60 Å². The Balaban J connectivity index is 2.98. The van der Waals surface area contributed by atoms with Gasteiger partial charge in [-0.2, -0.15) is 0 Å². The zero-order valence-electron chi connectivity index (χ0n) is 9.65. The number of benzene rings is 1. The normalized spacial score (nSPS) is 11.2. The molecule has 1 aromatic rings. The lowest BCUT2D eigenvalue weighted by Crippen LogP contribution is -2.23. The lowest BCUT2D eigenvalue weighted by molar-refractivity contribution is 0.0586. The van der Waals surface area contributed by atoms with Crippen LogP contribution in [0.15, 0.2) is 18.2 Å². The third-order valence-electron chi connectivity index (χ3n) is 2.10. The number of ketones is 1. The molecule has 0 aliphatic heterocycles. The molecular weight excluding hydrogens is 208 g/mol. The van der Waals surface area contributed by atoms with E-state index in [1.165, 1.54) is 19.2 Å². The Morgan fingerprint density at radius 2 is 2.06 bits per heavy atom. The lowest BCUT2D eigenvalue weighted by atomic mass is 9.97. The molecule has 4 heteroatoms. The van der Waals surface area contributed by atoms with E-state index in [9.17, 15) is 15.0 Å². The van der Waals surface area contributed by atoms with E-state index >= 15 is 0 Å². The average Bonchev–Trinajstić information content (AvgIpc) is 2.15. The number of ether oxygens (including phenoxy) is 1. The summed E-state index contributed by atoms with van der Waals surface area (Å²) in [5, 5.41) is 19.1. The van der Waals surface area contributed by atoms with Crippen LogP contribution < -0.4 is 4.74 Å². The van der Waals surface area contributed by atoms with Crippen LogP contribution in [0.1, 0.15) is 30.6 Å². The number of carbonyl (C=O) groups is 1. The molecule has 16 heavy (non-hydrogen) atoms. The standard InChI is InChI=1S/C12H16O4/c1-12(2,15)7-11(14)9-6-8(16-3)4-5-10(9)13/h4-6,13,15H,7H2,1-3H3. The van der Waals surface area contributed by atoms with Gasteiger partial charge in [-0.3, -0.25) is 4.79 Å². The van der Waals surface area contributed by atoms with Gasteiger partial charge in [0.25, 0.3) is 0 Å². The first-order valence-electron chi connectivity index (χ1n) is 4.96. The van der Waals surface area contributed by atoms with Gasteiger partial charge < -0.3 is 14.9 Å². The van der Waals surface area contributed by atoms with Crippen LogP contribution in [-0.2, 0) is 0 Å². The Bertz CT molecular complexity index is 390. The topological polar surface area (TPSA) is 66.8 Å². The van der Waals surface area contributed by atoms with Crippen molar-refractivity contribution in [3.05, 3.63) is 23.8 Å². The van der Waals surface area contributed by atoms with Crippen molar-refractivity contribution in [2.45, 2.75) is 25.9 Å². The van der Waals surface area contributed by atoms with Gasteiger partial charge in [0.05, 0.1) is 18.3 Å². The summed E-state index contributed by atoms with van der Waals surface area (Å²) in [6, 6.07) is 4.43. The van der Waals surface area contributed by atoms with E-state index in [0.29, 0.717) is 5.75 Å². The number of methoxy groups -OCH3 is 1. The lowest BCUT2D eigenvalue weighted by Gasteiger charge is -2.16. The number of Topliss-reactive ketones (excluding diaryl/α,β-unsaturated/α-hetero) is 1. The third kappa shape index (κ3) is 3.24. The Morgan fingerprint density at radius 3 is 2.56 bits per heavy atom. The Labute approximate surface area is 94.5 Å². The van der Waals surface area contributed by atoms with Crippen molar-refractivity contribution in [1.29, 1.82) is 0 Å². The van der Waals surface area contributed by atoms with Crippen molar-refractivity contribution < 1.29 is 19.7 Å². The summed E-state index contributed by atoms with van der Waals surface area (Å²) in [6.07, 6.45) is -0.0479. The predicted octanol–water partition coefficient (Wildman–Crippen LogP) is 1.74. The number of phenols is 1. The van der Waals surface area contributed by atoms with Gasteiger partial charge in [0.1, 0.15) is 11.5 Å². The molecule has 0 atom stereocenters. The molecule has 0 heterocycles. The molecule has 1 aromatic carbocycles. The number of aromatic hydroxyl groups is 1. The van der Waals surface area contributed by atoms with Crippen LogP contribution >= 0.6 is 0 Å². The van der Waals surface area contributed by atoms with Crippen molar-refractivity contribution >= 4 is 5.78 Å². The van der Waals surface area contributed by atoms with E-state index in [-0.39, 0.29) is 23.5 Å². The van der Waals surface area contributed by atoms with Gasteiger partial charge in [0.15, 0.2) is 5.78 Å². The number of carbonyl (C=O) groups excluding carboxylic acids is 1. The fourth-order valence-electron chi connectivity index (χ4n) is 1.35. The molecule has 0 saturated carbocycles. The molecular formula is C12H16O4. The van der Waals surface area contributed by atoms with E-state index in [0.717, 1.165) is 0 Å². The Hall–Kier alpha value is -1.55. The van der Waals surface area contributed by atoms with Crippen LogP contribution in [0.3, 0.4) is 0 Å². The van der Waals surface area contributed by atoms with E-state index in [1.54, 1.807) is 19.9 Å². The van der Waals surface area contributed by atoms with Gasteiger partial charge in [-0.25, -0.2) is 0 Å². The highest BCUT2D eigenvalue weighted by Crippen LogP contribution is 2.25. The first-order valence-corrected chi connectivity index (χ1v) is 4.96. The molecule has 0 bridgehead atoms. The summed E-state index contributed by atoms with van der Waals surface area (Å²) < 4.78 is 4.96. The molecule has 0 aliphatic carbocycles. The second-order valence-electron chi connectivity index (χ2n) is 4.30. The number of hydrogen-bond donors (Lipinski definition) is 2. The Morgan fingerprint density at radius 1 is 1.44 bits per heavy atom. The fraction of sp³-hybridized carbons (Fsp3) is 0.417. The van der Waals surface area contributed by atoms with Crippen LogP contribution in [0.5, 0.6) is 11.5 Å². The van der Waals surface area contributed by atoms with Crippen molar-refractivity contribution in [3.63, 3.8) is 0 Å². The minimum atomic E-state index is -1.09. The summed E-state index contributed by atoms with van der Waals surface area (Å²) >= 11 is 0. The molecule has 0 aromatic heterocycles. The highest BCUT2D eigenvalue weighted by atomic mass is 16.5. The van der Waals surface area contributed by atoms with Crippen LogP contribution in [0.4, 0.5) is 0 Å². The molecule has 0 amide bonds. The van der Waals surface area contributed by atoms with E-state index in [4.69, 9.17) is 4.74 Å². The minimum Gasteiger partial charge on any atom is -0.507 e. The third-order valence-corrected chi connectivity index (χ3v) is 2.10. The van der Waals surface area contributed by atoms with Crippen LogP contribution in [0, 0.1) is 0 Å². The van der Waals surface area contributed by atoms with Gasteiger partial charge in [0.2, 0.25) is 0 Å². The molecule has 1 rings (SSSR count). The van der Waals surface area contributed by atoms with Crippen molar-refractivity contribution in [2.75, 3.05) is 7.11 Å².